The molecule has 15 heavy (non-hydrogen) atoms. The predicted molar refractivity (Wildman–Crippen MR) is 64.5 cm³/mol. The topological polar surface area (TPSA) is 28.2 Å². The Morgan fingerprint density at radius 2 is 2.33 bits per heavy atom. The van der Waals surface area contributed by atoms with Gasteiger partial charge in [0.05, 0.1) is 12.7 Å². The third-order valence-electron chi connectivity index (χ3n) is 2.84. The summed E-state index contributed by atoms with van der Waals surface area (Å²) >= 11 is 7.43. The number of thiazole rings is 1. The minimum absolute atomic E-state index is 0.689. The van der Waals surface area contributed by atoms with Crippen LogP contribution in [0.5, 0.6) is 0 Å². The van der Waals surface area contributed by atoms with Crippen LogP contribution in [0, 0.1) is 0 Å². The van der Waals surface area contributed by atoms with Gasteiger partial charge in [-0.2, -0.15) is 0 Å². The highest BCUT2D eigenvalue weighted by molar-refractivity contribution is 7.15. The smallest absolute Gasteiger partial charge is 0.113 e. The molecule has 0 radical (unpaired) electrons. The molecule has 84 valence electrons. The number of hydrogen-bond acceptors (Lipinski definition) is 4. The molecule has 1 fully saturated rings. The van der Waals surface area contributed by atoms with Gasteiger partial charge >= 0.3 is 0 Å². The Hall–Kier alpha value is -0.160. The summed E-state index contributed by atoms with van der Waals surface area (Å²) in [7, 11) is 2.17. The summed E-state index contributed by atoms with van der Waals surface area (Å²) in [4.78, 5) is 6.66. The molecule has 0 atom stereocenters. The van der Waals surface area contributed by atoms with Crippen LogP contribution in [0.1, 0.15) is 17.8 Å². The van der Waals surface area contributed by atoms with Crippen LogP contribution in [0.15, 0.2) is 6.20 Å². The van der Waals surface area contributed by atoms with Crippen molar-refractivity contribution in [3.05, 3.63) is 15.5 Å². The van der Waals surface area contributed by atoms with Crippen molar-refractivity contribution < 1.29 is 0 Å². The van der Waals surface area contributed by atoms with Gasteiger partial charge in [-0.1, -0.05) is 11.6 Å². The Morgan fingerprint density at radius 1 is 1.60 bits per heavy atom. The molecule has 0 bridgehead atoms. The fourth-order valence-electron chi connectivity index (χ4n) is 1.95. The van der Waals surface area contributed by atoms with E-state index >= 15 is 0 Å². The van der Waals surface area contributed by atoms with Crippen LogP contribution in [0.3, 0.4) is 0 Å². The molecule has 0 amide bonds. The number of nitrogens with one attached hydrogen (secondary N) is 1. The largest absolute Gasteiger partial charge is 0.317 e. The third-order valence-corrected chi connectivity index (χ3v) is 3.94. The second-order valence-corrected chi connectivity index (χ2v) is 5.70. The molecule has 1 aromatic rings. The summed E-state index contributed by atoms with van der Waals surface area (Å²) in [5.41, 5.74) is 0. The van der Waals surface area contributed by atoms with Crippen molar-refractivity contribution in [2.75, 3.05) is 20.1 Å². The van der Waals surface area contributed by atoms with E-state index in [1.807, 2.05) is 0 Å². The number of aromatic nitrogens is 1. The quantitative estimate of drug-likeness (QED) is 0.883. The molecule has 2 heterocycles. The molecule has 1 aliphatic heterocycles. The van der Waals surface area contributed by atoms with Gasteiger partial charge in [-0.15, -0.1) is 11.3 Å². The monoisotopic (exact) mass is 245 g/mol. The van der Waals surface area contributed by atoms with E-state index in [-0.39, 0.29) is 0 Å². The number of hydrogen-bond donors (Lipinski definition) is 1. The molecule has 3 nitrogen and oxygen atoms in total. The van der Waals surface area contributed by atoms with Crippen LogP contribution in [-0.2, 0) is 6.54 Å². The highest BCUT2D eigenvalue weighted by Crippen LogP contribution is 2.21. The highest BCUT2D eigenvalue weighted by Gasteiger charge is 2.18. The Kier molecular flexibility index (Phi) is 3.97. The number of rotatable bonds is 3. The molecule has 0 unspecified atom stereocenters. The summed E-state index contributed by atoms with van der Waals surface area (Å²) in [6, 6.07) is 0.689. The van der Waals surface area contributed by atoms with Crippen molar-refractivity contribution >= 4 is 22.9 Å². The summed E-state index contributed by atoms with van der Waals surface area (Å²) in [6.45, 7) is 3.18. The van der Waals surface area contributed by atoms with Crippen LogP contribution in [0.25, 0.3) is 0 Å². The maximum Gasteiger partial charge on any atom is 0.113 e. The van der Waals surface area contributed by atoms with E-state index in [2.05, 4.69) is 22.2 Å². The fourth-order valence-corrected chi connectivity index (χ4v) is 2.97. The lowest BCUT2D eigenvalue weighted by molar-refractivity contribution is 0.191. The standard InChI is InChI=1S/C10H16ClN3S/c1-14(8-2-4-12-5-3-8)7-10-13-6-9(11)15-10/h6,8,12H,2-5,7H2,1H3. The summed E-state index contributed by atoms with van der Waals surface area (Å²) in [6.07, 6.45) is 4.20. The van der Waals surface area contributed by atoms with Gasteiger partial charge in [0.15, 0.2) is 0 Å². The van der Waals surface area contributed by atoms with E-state index in [4.69, 9.17) is 11.6 Å². The maximum atomic E-state index is 5.86. The molecule has 0 aromatic carbocycles. The zero-order valence-electron chi connectivity index (χ0n) is 8.87. The van der Waals surface area contributed by atoms with Crippen LogP contribution >= 0.6 is 22.9 Å². The number of piperidine rings is 1. The first-order valence-electron chi connectivity index (χ1n) is 5.27. The van der Waals surface area contributed by atoms with Crippen LogP contribution in [-0.4, -0.2) is 36.1 Å². The van der Waals surface area contributed by atoms with Gasteiger partial charge in [0, 0.05) is 6.04 Å². The molecule has 0 aliphatic carbocycles. The summed E-state index contributed by atoms with van der Waals surface area (Å²) in [5.74, 6) is 0. The molecular weight excluding hydrogens is 230 g/mol. The van der Waals surface area contributed by atoms with Gasteiger partial charge in [0.2, 0.25) is 0 Å². The first kappa shape index (κ1) is 11.3. The van der Waals surface area contributed by atoms with Crippen LogP contribution in [0.4, 0.5) is 0 Å². The predicted octanol–water partition coefficient (Wildman–Crippen LogP) is 1.98. The van der Waals surface area contributed by atoms with E-state index in [0.29, 0.717) is 6.04 Å². The third kappa shape index (κ3) is 3.14. The average Bonchev–Trinajstić information content (AvgIpc) is 2.65. The van der Waals surface area contributed by atoms with Gasteiger partial charge in [-0.05, 0) is 33.0 Å². The zero-order valence-corrected chi connectivity index (χ0v) is 10.4. The normalized spacial score (nSPS) is 18.6. The lowest BCUT2D eigenvalue weighted by Crippen LogP contribution is -2.40. The fraction of sp³-hybridized carbons (Fsp3) is 0.700. The van der Waals surface area contributed by atoms with Gasteiger partial charge in [0.1, 0.15) is 9.34 Å². The van der Waals surface area contributed by atoms with Crippen molar-refractivity contribution in [3.8, 4) is 0 Å². The van der Waals surface area contributed by atoms with Gasteiger partial charge < -0.3 is 5.32 Å². The van der Waals surface area contributed by atoms with Crippen molar-refractivity contribution in [2.24, 2.45) is 0 Å². The lowest BCUT2D eigenvalue weighted by atomic mass is 10.1. The lowest BCUT2D eigenvalue weighted by Gasteiger charge is -2.30. The van der Waals surface area contributed by atoms with Crippen LogP contribution in [0.2, 0.25) is 4.34 Å². The van der Waals surface area contributed by atoms with Gasteiger partial charge in [-0.3, -0.25) is 4.90 Å². The van der Waals surface area contributed by atoms with Gasteiger partial charge in [0.25, 0.3) is 0 Å². The minimum Gasteiger partial charge on any atom is -0.317 e. The van der Waals surface area contributed by atoms with Crippen molar-refractivity contribution in [1.29, 1.82) is 0 Å². The van der Waals surface area contributed by atoms with Crippen LogP contribution < -0.4 is 5.32 Å². The van der Waals surface area contributed by atoms with Gasteiger partial charge in [-0.25, -0.2) is 4.98 Å². The molecule has 1 N–H and O–H groups in total. The summed E-state index contributed by atoms with van der Waals surface area (Å²) < 4.78 is 0.781. The van der Waals surface area contributed by atoms with Crippen molar-refractivity contribution in [1.82, 2.24) is 15.2 Å². The molecule has 1 aliphatic rings. The zero-order chi connectivity index (χ0) is 10.7. The number of nitrogens with zero attached hydrogens (tertiary/aromatic N) is 2. The Morgan fingerprint density at radius 3 is 2.93 bits per heavy atom. The molecule has 1 aromatic heterocycles. The molecule has 0 spiro atoms. The van der Waals surface area contributed by atoms with E-state index < -0.39 is 0 Å². The Bertz CT molecular complexity index is 309. The Balaban J connectivity index is 1.88. The summed E-state index contributed by atoms with van der Waals surface area (Å²) in [5, 5.41) is 4.49. The minimum atomic E-state index is 0.689. The van der Waals surface area contributed by atoms with Crippen molar-refractivity contribution in [2.45, 2.75) is 25.4 Å². The van der Waals surface area contributed by atoms with Crippen molar-refractivity contribution in [3.63, 3.8) is 0 Å². The Labute approximate surface area is 99.5 Å². The average molecular weight is 246 g/mol. The first-order valence-corrected chi connectivity index (χ1v) is 6.46. The molecular formula is C10H16ClN3S. The molecule has 0 saturated carbocycles. The second-order valence-electron chi connectivity index (χ2n) is 3.95. The van der Waals surface area contributed by atoms with E-state index in [0.717, 1.165) is 29.0 Å². The second kappa shape index (κ2) is 5.25. The van der Waals surface area contributed by atoms with E-state index in [1.54, 1.807) is 17.5 Å². The maximum absolute atomic E-state index is 5.86. The number of halogens is 1. The molecule has 2 rings (SSSR count). The van der Waals surface area contributed by atoms with E-state index in [1.165, 1.54) is 12.8 Å². The first-order chi connectivity index (χ1) is 7.25. The molecule has 5 heteroatoms. The molecule has 1 saturated heterocycles. The highest BCUT2D eigenvalue weighted by atomic mass is 35.5. The SMILES string of the molecule is CN(Cc1ncc(Cl)s1)C1CCNCC1. The van der Waals surface area contributed by atoms with E-state index in [9.17, 15) is 0 Å².